The molecule has 27 heavy (non-hydrogen) atoms. The third kappa shape index (κ3) is 5.01. The highest BCUT2D eigenvalue weighted by atomic mass is 32.2. The average Bonchev–Trinajstić information content (AvgIpc) is 2.61. The second-order valence-electron chi connectivity index (χ2n) is 6.81. The molecular weight excluding hydrogens is 364 g/mol. The number of anilines is 1. The van der Waals surface area contributed by atoms with Gasteiger partial charge in [-0.15, -0.1) is 0 Å². The largest absolute Gasteiger partial charge is 0.493 e. The summed E-state index contributed by atoms with van der Waals surface area (Å²) in [4.78, 5) is 12.5. The minimum Gasteiger partial charge on any atom is -0.493 e. The van der Waals surface area contributed by atoms with E-state index in [1.807, 2.05) is 18.2 Å². The van der Waals surface area contributed by atoms with Crippen molar-refractivity contribution in [2.24, 2.45) is 0 Å². The number of carbonyl (C=O) groups excluding carboxylic acids is 1. The molecule has 0 aliphatic heterocycles. The molecule has 2 aromatic rings. The lowest BCUT2D eigenvalue weighted by molar-refractivity contribution is -0.122. The maximum atomic E-state index is 12.3. The van der Waals surface area contributed by atoms with E-state index < -0.39 is 9.84 Å². The Labute approximate surface area is 159 Å². The van der Waals surface area contributed by atoms with E-state index in [-0.39, 0.29) is 29.9 Å². The van der Waals surface area contributed by atoms with Crippen molar-refractivity contribution in [1.29, 1.82) is 0 Å². The lowest BCUT2D eigenvalue weighted by Crippen LogP contribution is -2.31. The number of sulfone groups is 1. The molecule has 0 radical (unpaired) electrons. The number of amides is 1. The fourth-order valence-corrected chi connectivity index (χ4v) is 3.93. The van der Waals surface area contributed by atoms with Gasteiger partial charge in [0.15, 0.2) is 9.84 Å². The van der Waals surface area contributed by atoms with Crippen LogP contribution in [-0.4, -0.2) is 27.2 Å². The predicted octanol–water partition coefficient (Wildman–Crippen LogP) is 2.64. The summed E-state index contributed by atoms with van der Waals surface area (Å²) in [5.74, 6) is 0.464. The van der Waals surface area contributed by atoms with Crippen LogP contribution in [0.5, 0.6) is 5.75 Å². The number of nitrogens with one attached hydrogen (secondary N) is 1. The summed E-state index contributed by atoms with van der Waals surface area (Å²) in [5.41, 5.74) is 8.93. The molecule has 0 saturated heterocycles. The quantitative estimate of drug-likeness (QED) is 0.741. The average molecular weight is 388 g/mol. The van der Waals surface area contributed by atoms with Crippen LogP contribution in [0.3, 0.4) is 0 Å². The standard InChI is InChI=1S/C20H24N2O4S/c1-27(24,25)17-8-6-16(7-9-17)26-12-11-20(23)22-19-4-2-3-14-13-15(21)5-10-18(14)19/h5-10,13,19H,2-4,11-12,21H2,1H3,(H,22,23). The van der Waals surface area contributed by atoms with Gasteiger partial charge in [-0.25, -0.2) is 8.42 Å². The molecule has 6 nitrogen and oxygen atoms in total. The lowest BCUT2D eigenvalue weighted by atomic mass is 9.87. The van der Waals surface area contributed by atoms with Crippen LogP contribution in [0.1, 0.15) is 36.4 Å². The third-order valence-corrected chi connectivity index (χ3v) is 5.79. The number of aryl methyl sites for hydroxylation is 1. The molecule has 0 fully saturated rings. The van der Waals surface area contributed by atoms with E-state index in [4.69, 9.17) is 10.5 Å². The number of ether oxygens (including phenoxy) is 1. The van der Waals surface area contributed by atoms with E-state index in [1.165, 1.54) is 17.7 Å². The molecular formula is C20H24N2O4S. The van der Waals surface area contributed by atoms with E-state index in [0.717, 1.165) is 36.8 Å². The van der Waals surface area contributed by atoms with E-state index >= 15 is 0 Å². The van der Waals surface area contributed by atoms with Gasteiger partial charge in [-0.3, -0.25) is 4.79 Å². The molecule has 0 spiro atoms. The van der Waals surface area contributed by atoms with Crippen LogP contribution in [-0.2, 0) is 21.1 Å². The van der Waals surface area contributed by atoms with Gasteiger partial charge < -0.3 is 15.8 Å². The summed E-state index contributed by atoms with van der Waals surface area (Å²) in [5, 5.41) is 3.07. The van der Waals surface area contributed by atoms with Gasteiger partial charge in [0.05, 0.1) is 24.0 Å². The van der Waals surface area contributed by atoms with Gasteiger partial charge in [0.1, 0.15) is 5.75 Å². The number of hydrogen-bond acceptors (Lipinski definition) is 5. The van der Waals surface area contributed by atoms with Crippen LogP contribution >= 0.6 is 0 Å². The Morgan fingerprint density at radius 3 is 2.67 bits per heavy atom. The van der Waals surface area contributed by atoms with Crippen LogP contribution in [0, 0.1) is 0 Å². The SMILES string of the molecule is CS(=O)(=O)c1ccc(OCCC(=O)NC2CCCc3cc(N)ccc32)cc1. The number of nitrogen functional groups attached to an aromatic ring is 1. The highest BCUT2D eigenvalue weighted by Gasteiger charge is 2.21. The molecule has 144 valence electrons. The first kappa shape index (κ1) is 19.2. The second kappa shape index (κ2) is 8.00. The first-order valence-corrected chi connectivity index (χ1v) is 10.8. The Hall–Kier alpha value is -2.54. The summed E-state index contributed by atoms with van der Waals surface area (Å²) in [6, 6.07) is 12.0. The van der Waals surface area contributed by atoms with Crippen molar-refractivity contribution in [2.45, 2.75) is 36.6 Å². The van der Waals surface area contributed by atoms with E-state index in [9.17, 15) is 13.2 Å². The Kier molecular flexibility index (Phi) is 5.70. The lowest BCUT2D eigenvalue weighted by Gasteiger charge is -2.26. The van der Waals surface area contributed by atoms with Crippen molar-refractivity contribution in [3.8, 4) is 5.75 Å². The maximum Gasteiger partial charge on any atom is 0.223 e. The van der Waals surface area contributed by atoms with Crippen molar-refractivity contribution >= 4 is 21.4 Å². The Morgan fingerprint density at radius 1 is 1.22 bits per heavy atom. The molecule has 2 aromatic carbocycles. The summed E-state index contributed by atoms with van der Waals surface area (Å²) in [7, 11) is -3.22. The van der Waals surface area contributed by atoms with Crippen LogP contribution in [0.25, 0.3) is 0 Å². The van der Waals surface area contributed by atoms with Crippen LogP contribution in [0.2, 0.25) is 0 Å². The molecule has 1 aliphatic carbocycles. The van der Waals surface area contributed by atoms with E-state index in [2.05, 4.69) is 5.32 Å². The van der Waals surface area contributed by atoms with Crippen molar-refractivity contribution in [2.75, 3.05) is 18.6 Å². The summed E-state index contributed by atoms with van der Waals surface area (Å²) in [6.07, 6.45) is 4.31. The minimum atomic E-state index is -3.22. The first-order valence-electron chi connectivity index (χ1n) is 8.93. The number of rotatable bonds is 6. The molecule has 3 N–H and O–H groups in total. The van der Waals surface area contributed by atoms with Crippen molar-refractivity contribution in [3.05, 3.63) is 53.6 Å². The van der Waals surface area contributed by atoms with Gasteiger partial charge in [-0.2, -0.15) is 0 Å². The van der Waals surface area contributed by atoms with Crippen molar-refractivity contribution in [1.82, 2.24) is 5.32 Å². The zero-order valence-electron chi connectivity index (χ0n) is 15.3. The molecule has 0 saturated carbocycles. The molecule has 1 aliphatic rings. The zero-order chi connectivity index (χ0) is 19.4. The smallest absolute Gasteiger partial charge is 0.223 e. The number of benzene rings is 2. The predicted molar refractivity (Wildman–Crippen MR) is 104 cm³/mol. The summed E-state index contributed by atoms with van der Waals surface area (Å²) < 4.78 is 28.4. The maximum absolute atomic E-state index is 12.3. The highest BCUT2D eigenvalue weighted by Crippen LogP contribution is 2.31. The molecule has 7 heteroatoms. The van der Waals surface area contributed by atoms with Gasteiger partial charge in [-0.1, -0.05) is 6.07 Å². The van der Waals surface area contributed by atoms with Gasteiger partial charge in [0, 0.05) is 11.9 Å². The highest BCUT2D eigenvalue weighted by molar-refractivity contribution is 7.90. The number of hydrogen-bond donors (Lipinski definition) is 2. The first-order chi connectivity index (χ1) is 12.8. The Bertz CT molecular complexity index is 923. The number of carbonyl (C=O) groups is 1. The Morgan fingerprint density at radius 2 is 1.96 bits per heavy atom. The topological polar surface area (TPSA) is 98.5 Å². The van der Waals surface area contributed by atoms with Crippen LogP contribution in [0.4, 0.5) is 5.69 Å². The van der Waals surface area contributed by atoms with Crippen molar-refractivity contribution < 1.29 is 17.9 Å². The molecule has 1 unspecified atom stereocenters. The molecule has 0 bridgehead atoms. The molecule has 0 aromatic heterocycles. The zero-order valence-corrected chi connectivity index (χ0v) is 16.1. The monoisotopic (exact) mass is 388 g/mol. The normalized spacial score (nSPS) is 16.4. The minimum absolute atomic E-state index is 0.0101. The number of nitrogens with two attached hydrogens (primary N) is 1. The molecule has 0 heterocycles. The van der Waals surface area contributed by atoms with Crippen molar-refractivity contribution in [3.63, 3.8) is 0 Å². The van der Waals surface area contributed by atoms with Crippen LogP contribution in [0.15, 0.2) is 47.4 Å². The van der Waals surface area contributed by atoms with Crippen LogP contribution < -0.4 is 15.8 Å². The van der Waals surface area contributed by atoms with Gasteiger partial charge in [0.25, 0.3) is 0 Å². The molecule has 3 rings (SSSR count). The number of fused-ring (bicyclic) bond motifs is 1. The van der Waals surface area contributed by atoms with E-state index in [0.29, 0.717) is 5.75 Å². The summed E-state index contributed by atoms with van der Waals surface area (Å²) in [6.45, 7) is 0.228. The van der Waals surface area contributed by atoms with Gasteiger partial charge in [-0.05, 0) is 66.8 Å². The fourth-order valence-electron chi connectivity index (χ4n) is 3.30. The third-order valence-electron chi connectivity index (χ3n) is 4.67. The van der Waals surface area contributed by atoms with Gasteiger partial charge in [0.2, 0.25) is 5.91 Å². The Balaban J connectivity index is 1.51. The van der Waals surface area contributed by atoms with Gasteiger partial charge >= 0.3 is 0 Å². The fraction of sp³-hybridized carbons (Fsp3) is 0.350. The van der Waals surface area contributed by atoms with E-state index in [1.54, 1.807) is 12.1 Å². The molecule has 1 atom stereocenters. The molecule has 1 amide bonds. The summed E-state index contributed by atoms with van der Waals surface area (Å²) >= 11 is 0. The second-order valence-corrected chi connectivity index (χ2v) is 8.83.